The standard InChI is InChI=1S/C11H11NO/c1-2-8-6-7-12-11-9(8)4-3-5-10(11)13/h3-7,13H,2H2,1H3. The fourth-order valence-corrected chi connectivity index (χ4v) is 1.53. The molecule has 1 aromatic carbocycles. The van der Waals surface area contributed by atoms with Gasteiger partial charge in [0, 0.05) is 11.6 Å². The Morgan fingerprint density at radius 3 is 2.92 bits per heavy atom. The number of fused-ring (bicyclic) bond motifs is 1. The Morgan fingerprint density at radius 2 is 2.15 bits per heavy atom. The van der Waals surface area contributed by atoms with Crippen molar-refractivity contribution in [2.45, 2.75) is 13.3 Å². The summed E-state index contributed by atoms with van der Waals surface area (Å²) in [7, 11) is 0. The summed E-state index contributed by atoms with van der Waals surface area (Å²) in [6.45, 7) is 2.10. The van der Waals surface area contributed by atoms with Crippen LogP contribution in [0.1, 0.15) is 12.5 Å². The summed E-state index contributed by atoms with van der Waals surface area (Å²) in [6.07, 6.45) is 2.70. The second-order valence-electron chi connectivity index (χ2n) is 3.00. The second kappa shape index (κ2) is 3.05. The molecule has 2 aromatic rings. The summed E-state index contributed by atoms with van der Waals surface area (Å²) in [4.78, 5) is 4.14. The van der Waals surface area contributed by atoms with Gasteiger partial charge in [0.15, 0.2) is 0 Å². The summed E-state index contributed by atoms with van der Waals surface area (Å²) in [6, 6.07) is 7.48. The summed E-state index contributed by atoms with van der Waals surface area (Å²) < 4.78 is 0. The molecule has 0 saturated heterocycles. The van der Waals surface area contributed by atoms with Gasteiger partial charge in [-0.15, -0.1) is 0 Å². The molecule has 66 valence electrons. The van der Waals surface area contributed by atoms with Crippen LogP contribution in [0.15, 0.2) is 30.5 Å². The summed E-state index contributed by atoms with van der Waals surface area (Å²) in [5.41, 5.74) is 1.92. The lowest BCUT2D eigenvalue weighted by Crippen LogP contribution is -1.86. The normalized spacial score (nSPS) is 10.5. The van der Waals surface area contributed by atoms with Crippen molar-refractivity contribution in [3.8, 4) is 5.75 Å². The van der Waals surface area contributed by atoms with Crippen molar-refractivity contribution in [3.63, 3.8) is 0 Å². The minimum atomic E-state index is 0.257. The van der Waals surface area contributed by atoms with Gasteiger partial charge in [-0.2, -0.15) is 0 Å². The van der Waals surface area contributed by atoms with Crippen molar-refractivity contribution in [2.75, 3.05) is 0 Å². The largest absolute Gasteiger partial charge is 0.506 e. The zero-order valence-electron chi connectivity index (χ0n) is 7.49. The zero-order valence-corrected chi connectivity index (χ0v) is 7.49. The van der Waals surface area contributed by atoms with Gasteiger partial charge < -0.3 is 5.11 Å². The third-order valence-corrected chi connectivity index (χ3v) is 2.22. The van der Waals surface area contributed by atoms with E-state index in [0.717, 1.165) is 11.8 Å². The van der Waals surface area contributed by atoms with Crippen LogP contribution >= 0.6 is 0 Å². The van der Waals surface area contributed by atoms with Gasteiger partial charge >= 0.3 is 0 Å². The van der Waals surface area contributed by atoms with Crippen LogP contribution in [0.25, 0.3) is 10.9 Å². The summed E-state index contributed by atoms with van der Waals surface area (Å²) in [5, 5.41) is 10.6. The molecule has 0 atom stereocenters. The Balaban J connectivity index is 2.84. The van der Waals surface area contributed by atoms with Crippen molar-refractivity contribution < 1.29 is 5.11 Å². The molecule has 0 bridgehead atoms. The molecule has 1 heterocycles. The van der Waals surface area contributed by atoms with E-state index in [2.05, 4.69) is 11.9 Å². The Morgan fingerprint density at radius 1 is 1.31 bits per heavy atom. The lowest BCUT2D eigenvalue weighted by molar-refractivity contribution is 0.480. The van der Waals surface area contributed by atoms with Crippen molar-refractivity contribution >= 4 is 10.9 Å². The quantitative estimate of drug-likeness (QED) is 0.718. The molecular formula is C11H11NO. The highest BCUT2D eigenvalue weighted by atomic mass is 16.3. The minimum absolute atomic E-state index is 0.257. The molecule has 13 heavy (non-hydrogen) atoms. The number of hydrogen-bond donors (Lipinski definition) is 1. The van der Waals surface area contributed by atoms with Gasteiger partial charge in [-0.05, 0) is 24.1 Å². The van der Waals surface area contributed by atoms with Crippen LogP contribution in [0.5, 0.6) is 5.75 Å². The van der Waals surface area contributed by atoms with Crippen LogP contribution in [0, 0.1) is 0 Å². The second-order valence-corrected chi connectivity index (χ2v) is 3.00. The number of hydrogen-bond acceptors (Lipinski definition) is 2. The molecule has 0 aliphatic rings. The third kappa shape index (κ3) is 1.24. The van der Waals surface area contributed by atoms with E-state index < -0.39 is 0 Å². The predicted octanol–water partition coefficient (Wildman–Crippen LogP) is 2.50. The molecule has 2 heteroatoms. The topological polar surface area (TPSA) is 33.1 Å². The van der Waals surface area contributed by atoms with Crippen LogP contribution < -0.4 is 0 Å². The van der Waals surface area contributed by atoms with E-state index in [9.17, 15) is 5.11 Å². The van der Waals surface area contributed by atoms with Gasteiger partial charge in [0.2, 0.25) is 0 Å². The number of aromatic hydroxyl groups is 1. The molecular weight excluding hydrogens is 162 g/mol. The number of rotatable bonds is 1. The molecule has 1 N–H and O–H groups in total. The van der Waals surface area contributed by atoms with E-state index in [4.69, 9.17) is 0 Å². The number of para-hydroxylation sites is 1. The molecule has 0 radical (unpaired) electrons. The first-order valence-electron chi connectivity index (χ1n) is 4.38. The molecule has 2 nitrogen and oxygen atoms in total. The Kier molecular flexibility index (Phi) is 1.89. The van der Waals surface area contributed by atoms with Crippen LogP contribution in [0.3, 0.4) is 0 Å². The van der Waals surface area contributed by atoms with Crippen molar-refractivity contribution in [1.82, 2.24) is 4.98 Å². The number of pyridine rings is 1. The molecule has 0 aliphatic carbocycles. The molecule has 0 unspecified atom stereocenters. The third-order valence-electron chi connectivity index (χ3n) is 2.22. The van der Waals surface area contributed by atoms with Crippen molar-refractivity contribution in [3.05, 3.63) is 36.0 Å². The first-order chi connectivity index (χ1) is 6.33. The molecule has 0 amide bonds. The Labute approximate surface area is 76.9 Å². The zero-order chi connectivity index (χ0) is 9.26. The molecule has 0 spiro atoms. The van der Waals surface area contributed by atoms with Crippen molar-refractivity contribution in [2.24, 2.45) is 0 Å². The van der Waals surface area contributed by atoms with E-state index in [0.29, 0.717) is 5.52 Å². The number of aryl methyl sites for hydroxylation is 1. The van der Waals surface area contributed by atoms with Gasteiger partial charge in [-0.3, -0.25) is 4.98 Å². The van der Waals surface area contributed by atoms with E-state index in [1.54, 1.807) is 12.3 Å². The highest BCUT2D eigenvalue weighted by Crippen LogP contribution is 2.24. The first-order valence-corrected chi connectivity index (χ1v) is 4.38. The molecule has 1 aromatic heterocycles. The molecule has 0 fully saturated rings. The maximum absolute atomic E-state index is 9.53. The first kappa shape index (κ1) is 8.05. The highest BCUT2D eigenvalue weighted by molar-refractivity contribution is 5.86. The van der Waals surface area contributed by atoms with Gasteiger partial charge in [0.25, 0.3) is 0 Å². The van der Waals surface area contributed by atoms with E-state index in [-0.39, 0.29) is 5.75 Å². The average Bonchev–Trinajstić information content (AvgIpc) is 2.18. The molecule has 0 aliphatic heterocycles. The summed E-state index contributed by atoms with van der Waals surface area (Å²) in [5.74, 6) is 0.257. The lowest BCUT2D eigenvalue weighted by Gasteiger charge is -2.03. The summed E-state index contributed by atoms with van der Waals surface area (Å²) >= 11 is 0. The van der Waals surface area contributed by atoms with E-state index >= 15 is 0 Å². The van der Waals surface area contributed by atoms with Crippen LogP contribution in [0.2, 0.25) is 0 Å². The van der Waals surface area contributed by atoms with E-state index in [1.165, 1.54) is 5.56 Å². The van der Waals surface area contributed by atoms with Crippen LogP contribution in [-0.2, 0) is 6.42 Å². The SMILES string of the molecule is CCc1ccnc2c(O)cccc12. The monoisotopic (exact) mass is 173 g/mol. The number of benzene rings is 1. The lowest BCUT2D eigenvalue weighted by atomic mass is 10.1. The maximum Gasteiger partial charge on any atom is 0.141 e. The van der Waals surface area contributed by atoms with E-state index in [1.807, 2.05) is 18.2 Å². The highest BCUT2D eigenvalue weighted by Gasteiger charge is 2.02. The van der Waals surface area contributed by atoms with Gasteiger partial charge in [-0.25, -0.2) is 0 Å². The maximum atomic E-state index is 9.53. The minimum Gasteiger partial charge on any atom is -0.506 e. The average molecular weight is 173 g/mol. The number of phenolic OH excluding ortho intramolecular Hbond substituents is 1. The van der Waals surface area contributed by atoms with Gasteiger partial charge in [-0.1, -0.05) is 19.1 Å². The Bertz CT molecular complexity index is 437. The van der Waals surface area contributed by atoms with Crippen LogP contribution in [0.4, 0.5) is 0 Å². The fraction of sp³-hybridized carbons (Fsp3) is 0.182. The predicted molar refractivity (Wildman–Crippen MR) is 52.8 cm³/mol. The smallest absolute Gasteiger partial charge is 0.141 e. The van der Waals surface area contributed by atoms with Crippen molar-refractivity contribution in [1.29, 1.82) is 0 Å². The Hall–Kier alpha value is -1.57. The molecule has 2 rings (SSSR count). The number of aromatic nitrogens is 1. The molecule has 0 saturated carbocycles. The fourth-order valence-electron chi connectivity index (χ4n) is 1.53. The van der Waals surface area contributed by atoms with Gasteiger partial charge in [0.1, 0.15) is 11.3 Å². The van der Waals surface area contributed by atoms with Gasteiger partial charge in [0.05, 0.1) is 0 Å². The number of phenols is 1. The number of nitrogens with zero attached hydrogens (tertiary/aromatic N) is 1. The van der Waals surface area contributed by atoms with Crippen LogP contribution in [-0.4, -0.2) is 10.1 Å².